The Morgan fingerprint density at radius 3 is 2.95 bits per heavy atom. The van der Waals surface area contributed by atoms with Crippen molar-refractivity contribution in [2.45, 2.75) is 38.8 Å². The summed E-state index contributed by atoms with van der Waals surface area (Å²) in [6, 6.07) is 6.87. The van der Waals surface area contributed by atoms with Crippen molar-refractivity contribution in [2.75, 3.05) is 19.6 Å². The van der Waals surface area contributed by atoms with Gasteiger partial charge in [-0.1, -0.05) is 13.0 Å². The van der Waals surface area contributed by atoms with Gasteiger partial charge in [-0.15, -0.1) is 0 Å². The third-order valence-corrected chi connectivity index (χ3v) is 4.21. The Labute approximate surface area is 120 Å². The van der Waals surface area contributed by atoms with E-state index < -0.39 is 0 Å². The maximum absolute atomic E-state index is 4.39. The van der Waals surface area contributed by atoms with Gasteiger partial charge in [0.25, 0.3) is 0 Å². The molecule has 1 N–H and O–H groups in total. The lowest BCUT2D eigenvalue weighted by Gasteiger charge is -2.32. The monoisotopic (exact) mass is 272 g/mol. The molecule has 0 aromatic carbocycles. The number of nitrogens with one attached hydrogen (secondary N) is 1. The van der Waals surface area contributed by atoms with Crippen LogP contribution in [0.25, 0.3) is 5.52 Å². The van der Waals surface area contributed by atoms with Crippen molar-refractivity contribution in [1.29, 1.82) is 0 Å². The van der Waals surface area contributed by atoms with Crippen molar-refractivity contribution in [3.8, 4) is 0 Å². The molecule has 2 aromatic rings. The summed E-state index contributed by atoms with van der Waals surface area (Å²) in [4.78, 5) is 2.58. The van der Waals surface area contributed by atoms with Gasteiger partial charge in [0.15, 0.2) is 0 Å². The third-order valence-electron chi connectivity index (χ3n) is 4.21. The first-order valence-corrected chi connectivity index (χ1v) is 7.74. The fourth-order valence-electron chi connectivity index (χ4n) is 3.05. The van der Waals surface area contributed by atoms with Crippen LogP contribution in [-0.4, -0.2) is 40.2 Å². The Bertz CT molecular complexity index is 540. The Morgan fingerprint density at radius 2 is 2.15 bits per heavy atom. The maximum atomic E-state index is 4.39. The molecule has 0 unspecified atom stereocenters. The number of hydrogen-bond acceptors (Lipinski definition) is 3. The maximum Gasteiger partial charge on any atom is 0.0706 e. The topological polar surface area (TPSA) is 32.6 Å². The first-order chi connectivity index (χ1) is 9.86. The molecule has 1 fully saturated rings. The van der Waals surface area contributed by atoms with Crippen LogP contribution in [0.2, 0.25) is 0 Å². The van der Waals surface area contributed by atoms with Crippen molar-refractivity contribution in [3.05, 3.63) is 36.2 Å². The number of piperidine rings is 1. The molecule has 0 bridgehead atoms. The molecular weight excluding hydrogens is 248 g/mol. The molecule has 2 aromatic heterocycles. The standard InChI is InChI=1S/C16H24N4/c1-2-8-19-10-6-15(7-11-19)17-12-14-13-18-20-9-4-3-5-16(14)20/h3-5,9,13,15,17H,2,6-8,10-12H2,1H3. The summed E-state index contributed by atoms with van der Waals surface area (Å²) in [7, 11) is 0. The second-order valence-electron chi connectivity index (χ2n) is 5.70. The summed E-state index contributed by atoms with van der Waals surface area (Å²) in [5, 5.41) is 8.09. The first-order valence-electron chi connectivity index (χ1n) is 7.74. The molecule has 0 spiro atoms. The second-order valence-corrected chi connectivity index (χ2v) is 5.70. The van der Waals surface area contributed by atoms with Crippen LogP contribution in [0.15, 0.2) is 30.6 Å². The average molecular weight is 272 g/mol. The van der Waals surface area contributed by atoms with Crippen molar-refractivity contribution >= 4 is 5.52 Å². The van der Waals surface area contributed by atoms with Gasteiger partial charge < -0.3 is 10.2 Å². The van der Waals surface area contributed by atoms with Crippen LogP contribution < -0.4 is 5.32 Å². The minimum atomic E-state index is 0.654. The molecule has 3 rings (SSSR count). The Balaban J connectivity index is 1.53. The largest absolute Gasteiger partial charge is 0.310 e. The fourth-order valence-corrected chi connectivity index (χ4v) is 3.05. The molecule has 0 amide bonds. The molecule has 20 heavy (non-hydrogen) atoms. The van der Waals surface area contributed by atoms with Gasteiger partial charge in [0.1, 0.15) is 0 Å². The fraction of sp³-hybridized carbons (Fsp3) is 0.562. The minimum Gasteiger partial charge on any atom is -0.310 e. The summed E-state index contributed by atoms with van der Waals surface area (Å²) in [6.07, 6.45) is 7.77. The van der Waals surface area contributed by atoms with E-state index in [2.05, 4.69) is 34.4 Å². The lowest BCUT2D eigenvalue weighted by Crippen LogP contribution is -2.42. The number of aromatic nitrogens is 2. The highest BCUT2D eigenvalue weighted by molar-refractivity contribution is 5.53. The normalized spacial score (nSPS) is 17.9. The molecule has 4 nitrogen and oxygen atoms in total. The smallest absolute Gasteiger partial charge is 0.0706 e. The minimum absolute atomic E-state index is 0.654. The predicted molar refractivity (Wildman–Crippen MR) is 81.8 cm³/mol. The van der Waals surface area contributed by atoms with Crippen LogP contribution in [0, 0.1) is 0 Å². The van der Waals surface area contributed by atoms with Crippen LogP contribution in [0.4, 0.5) is 0 Å². The quantitative estimate of drug-likeness (QED) is 0.906. The zero-order valence-corrected chi connectivity index (χ0v) is 12.3. The van der Waals surface area contributed by atoms with Gasteiger partial charge >= 0.3 is 0 Å². The van der Waals surface area contributed by atoms with E-state index in [0.717, 1.165) is 6.54 Å². The van der Waals surface area contributed by atoms with Crippen LogP contribution in [0.3, 0.4) is 0 Å². The van der Waals surface area contributed by atoms with E-state index >= 15 is 0 Å². The summed E-state index contributed by atoms with van der Waals surface area (Å²) < 4.78 is 1.95. The molecule has 1 aliphatic heterocycles. The van der Waals surface area contributed by atoms with E-state index in [1.807, 2.05) is 23.0 Å². The zero-order valence-electron chi connectivity index (χ0n) is 12.3. The highest BCUT2D eigenvalue weighted by Gasteiger charge is 2.18. The molecule has 0 radical (unpaired) electrons. The van der Waals surface area contributed by atoms with E-state index in [1.165, 1.54) is 50.0 Å². The Hall–Kier alpha value is -1.39. The average Bonchev–Trinajstić information content (AvgIpc) is 2.90. The van der Waals surface area contributed by atoms with Gasteiger partial charge in [-0.2, -0.15) is 5.10 Å². The number of pyridine rings is 1. The SMILES string of the molecule is CCCN1CCC(NCc2cnn3ccccc23)CC1. The summed E-state index contributed by atoms with van der Waals surface area (Å²) in [6.45, 7) is 6.91. The van der Waals surface area contributed by atoms with Crippen LogP contribution in [-0.2, 0) is 6.54 Å². The van der Waals surface area contributed by atoms with Crippen molar-refractivity contribution < 1.29 is 0 Å². The van der Waals surface area contributed by atoms with Gasteiger partial charge in [-0.3, -0.25) is 0 Å². The summed E-state index contributed by atoms with van der Waals surface area (Å²) in [5.41, 5.74) is 2.50. The van der Waals surface area contributed by atoms with Gasteiger partial charge in [0, 0.05) is 24.3 Å². The lowest BCUT2D eigenvalue weighted by molar-refractivity contribution is 0.197. The van der Waals surface area contributed by atoms with E-state index in [9.17, 15) is 0 Å². The second kappa shape index (κ2) is 6.37. The molecule has 0 aliphatic carbocycles. The number of rotatable bonds is 5. The molecular formula is C16H24N4. The van der Waals surface area contributed by atoms with Gasteiger partial charge in [0.05, 0.1) is 11.7 Å². The van der Waals surface area contributed by atoms with E-state index in [0.29, 0.717) is 6.04 Å². The van der Waals surface area contributed by atoms with Gasteiger partial charge in [-0.25, -0.2) is 4.52 Å². The number of nitrogens with zero attached hydrogens (tertiary/aromatic N) is 3. The summed E-state index contributed by atoms with van der Waals surface area (Å²) in [5.74, 6) is 0. The highest BCUT2D eigenvalue weighted by Crippen LogP contribution is 2.13. The lowest BCUT2D eigenvalue weighted by atomic mass is 10.0. The molecule has 1 saturated heterocycles. The number of likely N-dealkylation sites (tertiary alicyclic amines) is 1. The van der Waals surface area contributed by atoms with E-state index in [1.54, 1.807) is 0 Å². The third kappa shape index (κ3) is 3.02. The van der Waals surface area contributed by atoms with Crippen LogP contribution in [0.1, 0.15) is 31.7 Å². The molecule has 1 aliphatic rings. The Morgan fingerprint density at radius 1 is 1.30 bits per heavy atom. The van der Waals surface area contributed by atoms with Gasteiger partial charge in [-0.05, 0) is 51.0 Å². The van der Waals surface area contributed by atoms with Crippen molar-refractivity contribution in [1.82, 2.24) is 19.8 Å². The molecule has 0 atom stereocenters. The van der Waals surface area contributed by atoms with Gasteiger partial charge in [0.2, 0.25) is 0 Å². The van der Waals surface area contributed by atoms with Crippen LogP contribution >= 0.6 is 0 Å². The summed E-state index contributed by atoms with van der Waals surface area (Å²) >= 11 is 0. The molecule has 3 heterocycles. The first kappa shape index (κ1) is 13.6. The molecule has 4 heteroatoms. The highest BCUT2D eigenvalue weighted by atomic mass is 15.2. The van der Waals surface area contributed by atoms with E-state index in [4.69, 9.17) is 0 Å². The zero-order chi connectivity index (χ0) is 13.8. The van der Waals surface area contributed by atoms with Crippen molar-refractivity contribution in [2.24, 2.45) is 0 Å². The molecule has 0 saturated carbocycles. The molecule has 108 valence electrons. The Kier molecular flexibility index (Phi) is 4.33. The van der Waals surface area contributed by atoms with Crippen LogP contribution in [0.5, 0.6) is 0 Å². The number of hydrogen-bond donors (Lipinski definition) is 1. The number of fused-ring (bicyclic) bond motifs is 1. The van der Waals surface area contributed by atoms with Crippen molar-refractivity contribution in [3.63, 3.8) is 0 Å². The van der Waals surface area contributed by atoms with E-state index in [-0.39, 0.29) is 0 Å². The predicted octanol–water partition coefficient (Wildman–Crippen LogP) is 2.30.